The van der Waals surface area contributed by atoms with Gasteiger partial charge in [0.25, 0.3) is 0 Å². The van der Waals surface area contributed by atoms with E-state index in [1.807, 2.05) is 12.2 Å². The first-order chi connectivity index (χ1) is 9.49. The van der Waals surface area contributed by atoms with Crippen molar-refractivity contribution in [1.29, 1.82) is 0 Å². The van der Waals surface area contributed by atoms with Crippen LogP contribution in [0.2, 0.25) is 0 Å². The van der Waals surface area contributed by atoms with Gasteiger partial charge in [0, 0.05) is 17.6 Å². The van der Waals surface area contributed by atoms with E-state index in [1.165, 1.54) is 12.2 Å². The lowest BCUT2D eigenvalue weighted by Crippen LogP contribution is -2.38. The molecule has 4 atom stereocenters. The van der Waals surface area contributed by atoms with Gasteiger partial charge < -0.3 is 10.2 Å². The third-order valence-electron chi connectivity index (χ3n) is 5.92. The summed E-state index contributed by atoms with van der Waals surface area (Å²) in [6.45, 7) is 0. The van der Waals surface area contributed by atoms with E-state index in [1.54, 1.807) is 0 Å². The first-order valence-corrected chi connectivity index (χ1v) is 7.33. The Labute approximate surface area is 118 Å². The number of hydrogen-bond donors (Lipinski definition) is 2. The van der Waals surface area contributed by atoms with E-state index in [4.69, 9.17) is 10.2 Å². The van der Waals surface area contributed by atoms with Crippen molar-refractivity contribution in [2.75, 3.05) is 0 Å². The highest BCUT2D eigenvalue weighted by Gasteiger charge is 2.65. The van der Waals surface area contributed by atoms with Crippen molar-refractivity contribution in [1.82, 2.24) is 0 Å². The topological polar surface area (TPSA) is 74.6 Å². The number of carboxylic acids is 2. The Morgan fingerprint density at radius 1 is 1.00 bits per heavy atom. The SMILES string of the molecule is O=C(O)C=CC12CCC(C1)C1CCCC12C=CC(=O)O. The van der Waals surface area contributed by atoms with Crippen molar-refractivity contribution in [3.05, 3.63) is 24.3 Å². The Kier molecular flexibility index (Phi) is 3.00. The van der Waals surface area contributed by atoms with Crippen LogP contribution in [0, 0.1) is 22.7 Å². The Hall–Kier alpha value is -1.58. The molecule has 108 valence electrons. The standard InChI is InChI=1S/C16H20O4/c17-13(18)4-8-15-7-3-11(10-15)12-2-1-6-16(12,15)9-5-14(19)20/h4-5,8-9,11-12H,1-3,6-7,10H2,(H,17,18)(H,19,20). The predicted octanol–water partition coefficient (Wildman–Crippen LogP) is 2.85. The second-order valence-corrected chi connectivity index (χ2v) is 6.54. The normalized spacial score (nSPS) is 42.6. The second-order valence-electron chi connectivity index (χ2n) is 6.54. The summed E-state index contributed by atoms with van der Waals surface area (Å²) in [4.78, 5) is 21.8. The molecule has 3 aliphatic carbocycles. The number of rotatable bonds is 4. The number of aliphatic carboxylic acids is 2. The number of hydrogen-bond acceptors (Lipinski definition) is 2. The van der Waals surface area contributed by atoms with Crippen LogP contribution in [0.25, 0.3) is 0 Å². The van der Waals surface area contributed by atoms with E-state index in [9.17, 15) is 9.59 Å². The molecule has 20 heavy (non-hydrogen) atoms. The quantitative estimate of drug-likeness (QED) is 0.774. The molecule has 0 aromatic heterocycles. The summed E-state index contributed by atoms with van der Waals surface area (Å²) in [6, 6.07) is 0. The zero-order valence-electron chi connectivity index (χ0n) is 11.4. The Morgan fingerprint density at radius 2 is 1.70 bits per heavy atom. The number of carbonyl (C=O) groups is 2. The van der Waals surface area contributed by atoms with Crippen LogP contribution < -0.4 is 0 Å². The summed E-state index contributed by atoms with van der Waals surface area (Å²) in [5.74, 6) is -0.661. The van der Waals surface area contributed by atoms with Gasteiger partial charge in [0.1, 0.15) is 0 Å². The van der Waals surface area contributed by atoms with E-state index < -0.39 is 11.9 Å². The van der Waals surface area contributed by atoms with Crippen LogP contribution in [-0.2, 0) is 9.59 Å². The molecular weight excluding hydrogens is 256 g/mol. The van der Waals surface area contributed by atoms with Gasteiger partial charge >= 0.3 is 11.9 Å². The van der Waals surface area contributed by atoms with Crippen molar-refractivity contribution >= 4 is 11.9 Å². The highest BCUT2D eigenvalue weighted by molar-refractivity contribution is 5.80. The van der Waals surface area contributed by atoms with E-state index in [2.05, 4.69) is 0 Å². The Bertz CT molecular complexity index is 507. The predicted molar refractivity (Wildman–Crippen MR) is 73.1 cm³/mol. The molecule has 3 fully saturated rings. The molecule has 2 N–H and O–H groups in total. The number of allylic oxidation sites excluding steroid dienone is 2. The molecule has 0 aliphatic heterocycles. The lowest BCUT2D eigenvalue weighted by molar-refractivity contribution is -0.132. The third kappa shape index (κ3) is 1.74. The van der Waals surface area contributed by atoms with Crippen LogP contribution in [-0.4, -0.2) is 22.2 Å². The Morgan fingerprint density at radius 3 is 2.40 bits per heavy atom. The monoisotopic (exact) mass is 276 g/mol. The molecule has 3 rings (SSSR count). The average molecular weight is 276 g/mol. The summed E-state index contributed by atoms with van der Waals surface area (Å²) >= 11 is 0. The fourth-order valence-electron chi connectivity index (χ4n) is 5.34. The minimum Gasteiger partial charge on any atom is -0.478 e. The number of fused-ring (bicyclic) bond motifs is 5. The summed E-state index contributed by atoms with van der Waals surface area (Å²) in [5, 5.41) is 17.9. The van der Waals surface area contributed by atoms with Crippen LogP contribution >= 0.6 is 0 Å². The van der Waals surface area contributed by atoms with Crippen LogP contribution in [0.3, 0.4) is 0 Å². The average Bonchev–Trinajstić information content (AvgIpc) is 3.04. The fourth-order valence-corrected chi connectivity index (χ4v) is 5.34. The van der Waals surface area contributed by atoms with Gasteiger partial charge in [-0.25, -0.2) is 9.59 Å². The fraction of sp³-hybridized carbons (Fsp3) is 0.625. The van der Waals surface area contributed by atoms with Gasteiger partial charge in [-0.05, 0) is 49.4 Å². The first kappa shape index (κ1) is 13.4. The summed E-state index contributed by atoms with van der Waals surface area (Å²) in [5.41, 5.74) is -0.260. The lowest BCUT2D eigenvalue weighted by atomic mass is 9.59. The van der Waals surface area contributed by atoms with Crippen molar-refractivity contribution in [3.63, 3.8) is 0 Å². The minimum atomic E-state index is -0.915. The summed E-state index contributed by atoms with van der Waals surface area (Å²) in [6.07, 6.45) is 12.7. The smallest absolute Gasteiger partial charge is 0.327 e. The maximum absolute atomic E-state index is 10.9. The zero-order valence-corrected chi connectivity index (χ0v) is 11.4. The van der Waals surface area contributed by atoms with E-state index in [0.717, 1.165) is 38.5 Å². The first-order valence-electron chi connectivity index (χ1n) is 7.33. The van der Waals surface area contributed by atoms with Crippen molar-refractivity contribution < 1.29 is 19.8 Å². The maximum Gasteiger partial charge on any atom is 0.327 e. The van der Waals surface area contributed by atoms with E-state index in [0.29, 0.717) is 11.8 Å². The van der Waals surface area contributed by atoms with E-state index in [-0.39, 0.29) is 10.8 Å². The highest BCUT2D eigenvalue weighted by atomic mass is 16.4. The van der Waals surface area contributed by atoms with Gasteiger partial charge in [0.2, 0.25) is 0 Å². The largest absolute Gasteiger partial charge is 0.478 e. The molecule has 0 amide bonds. The molecule has 0 saturated heterocycles. The van der Waals surface area contributed by atoms with Crippen molar-refractivity contribution in [2.24, 2.45) is 22.7 Å². The third-order valence-corrected chi connectivity index (χ3v) is 5.92. The highest BCUT2D eigenvalue weighted by Crippen LogP contribution is 2.73. The van der Waals surface area contributed by atoms with Gasteiger partial charge in [-0.2, -0.15) is 0 Å². The van der Waals surface area contributed by atoms with Gasteiger partial charge in [-0.15, -0.1) is 0 Å². The molecular formula is C16H20O4. The van der Waals surface area contributed by atoms with Crippen LogP contribution in [0.4, 0.5) is 0 Å². The van der Waals surface area contributed by atoms with Gasteiger partial charge in [0.05, 0.1) is 0 Å². The molecule has 0 radical (unpaired) electrons. The molecule has 3 saturated carbocycles. The maximum atomic E-state index is 10.9. The van der Waals surface area contributed by atoms with E-state index >= 15 is 0 Å². The molecule has 4 heteroatoms. The number of carboxylic acid groups (broad SMARTS) is 2. The molecule has 4 unspecified atom stereocenters. The zero-order chi connectivity index (χ0) is 14.4. The molecule has 0 spiro atoms. The van der Waals surface area contributed by atoms with Crippen LogP contribution in [0.15, 0.2) is 24.3 Å². The lowest BCUT2D eigenvalue weighted by Gasteiger charge is -2.44. The van der Waals surface area contributed by atoms with Gasteiger partial charge in [-0.3, -0.25) is 0 Å². The molecule has 0 aromatic rings. The molecule has 0 aromatic carbocycles. The molecule has 4 nitrogen and oxygen atoms in total. The molecule has 0 heterocycles. The van der Waals surface area contributed by atoms with Crippen molar-refractivity contribution in [3.8, 4) is 0 Å². The second kappa shape index (κ2) is 4.47. The van der Waals surface area contributed by atoms with Gasteiger partial charge in [-0.1, -0.05) is 18.6 Å². The Balaban J connectivity index is 2.02. The van der Waals surface area contributed by atoms with Crippen LogP contribution in [0.5, 0.6) is 0 Å². The summed E-state index contributed by atoms with van der Waals surface area (Å²) in [7, 11) is 0. The molecule has 3 aliphatic rings. The van der Waals surface area contributed by atoms with Crippen LogP contribution in [0.1, 0.15) is 38.5 Å². The minimum absolute atomic E-state index is 0.125. The summed E-state index contributed by atoms with van der Waals surface area (Å²) < 4.78 is 0. The van der Waals surface area contributed by atoms with Crippen molar-refractivity contribution in [2.45, 2.75) is 38.5 Å². The molecule has 2 bridgehead atoms. The van der Waals surface area contributed by atoms with Gasteiger partial charge in [0.15, 0.2) is 0 Å².